The van der Waals surface area contributed by atoms with Crippen molar-refractivity contribution in [3.8, 4) is 5.75 Å². The topological polar surface area (TPSA) is 47.7 Å². The molecule has 1 saturated heterocycles. The Morgan fingerprint density at radius 2 is 2.17 bits per heavy atom. The van der Waals surface area contributed by atoms with Crippen molar-refractivity contribution in [1.29, 1.82) is 0 Å². The van der Waals surface area contributed by atoms with E-state index in [9.17, 15) is 0 Å². The van der Waals surface area contributed by atoms with Gasteiger partial charge in [-0.25, -0.2) is 0 Å². The van der Waals surface area contributed by atoms with Crippen LogP contribution >= 0.6 is 0 Å². The normalized spacial score (nSPS) is 18.5. The van der Waals surface area contributed by atoms with Gasteiger partial charge in [-0.05, 0) is 25.5 Å². The Hall–Kier alpha value is -1.26. The molecule has 4 heteroatoms. The van der Waals surface area contributed by atoms with Crippen molar-refractivity contribution in [1.82, 2.24) is 4.90 Å². The van der Waals surface area contributed by atoms with Gasteiger partial charge in [0.1, 0.15) is 5.75 Å². The Kier molecular flexibility index (Phi) is 4.84. The van der Waals surface area contributed by atoms with Crippen molar-refractivity contribution in [3.05, 3.63) is 24.3 Å². The molecule has 0 aliphatic carbocycles. The molecule has 1 aliphatic rings. The highest BCUT2D eigenvalue weighted by molar-refractivity contribution is 5.43. The Labute approximate surface area is 109 Å². The van der Waals surface area contributed by atoms with Crippen molar-refractivity contribution >= 4 is 5.69 Å². The van der Waals surface area contributed by atoms with Crippen LogP contribution in [-0.2, 0) is 4.74 Å². The Bertz CT molecular complexity index is 365. The minimum atomic E-state index is 0.537. The second-order valence-corrected chi connectivity index (χ2v) is 4.71. The third-order valence-corrected chi connectivity index (χ3v) is 3.33. The summed E-state index contributed by atoms with van der Waals surface area (Å²) >= 11 is 0. The lowest BCUT2D eigenvalue weighted by molar-refractivity contribution is 0.0161. The number of hydrogen-bond acceptors (Lipinski definition) is 4. The van der Waals surface area contributed by atoms with E-state index in [0.717, 1.165) is 50.8 Å². The maximum Gasteiger partial charge on any atom is 0.121 e. The van der Waals surface area contributed by atoms with E-state index in [1.807, 2.05) is 24.3 Å². The van der Waals surface area contributed by atoms with Crippen LogP contribution in [0.25, 0.3) is 0 Å². The molecule has 2 rings (SSSR count). The molecule has 1 heterocycles. The maximum absolute atomic E-state index is 5.71. The number of benzene rings is 1. The van der Waals surface area contributed by atoms with Gasteiger partial charge in [0.15, 0.2) is 0 Å². The summed E-state index contributed by atoms with van der Waals surface area (Å²) < 4.78 is 11.1. The van der Waals surface area contributed by atoms with Gasteiger partial charge in [0.25, 0.3) is 0 Å². The lowest BCUT2D eigenvalue weighted by Gasteiger charge is -2.32. The fraction of sp³-hybridized carbons (Fsp3) is 0.571. The summed E-state index contributed by atoms with van der Waals surface area (Å²) in [4.78, 5) is 2.45. The van der Waals surface area contributed by atoms with E-state index in [2.05, 4.69) is 11.8 Å². The zero-order valence-electron chi connectivity index (χ0n) is 11.0. The lowest BCUT2D eigenvalue weighted by atomic mass is 10.2. The van der Waals surface area contributed by atoms with Crippen LogP contribution in [0.4, 0.5) is 5.69 Å². The molecule has 1 unspecified atom stereocenters. The van der Waals surface area contributed by atoms with Gasteiger partial charge < -0.3 is 15.2 Å². The molecule has 2 N–H and O–H groups in total. The summed E-state index contributed by atoms with van der Waals surface area (Å²) in [6.45, 7) is 6.72. The number of hydrogen-bond donors (Lipinski definition) is 1. The lowest BCUT2D eigenvalue weighted by Crippen LogP contribution is -2.42. The summed E-state index contributed by atoms with van der Waals surface area (Å²) in [7, 11) is 0. The molecule has 0 saturated carbocycles. The first-order valence-corrected chi connectivity index (χ1v) is 6.56. The fourth-order valence-corrected chi connectivity index (χ4v) is 2.15. The molecule has 0 aromatic heterocycles. The number of rotatable bonds is 5. The third kappa shape index (κ3) is 3.89. The third-order valence-electron chi connectivity index (χ3n) is 3.33. The SMILES string of the molecule is CC(CCOc1cccc(N)c1)N1CCOCC1. The van der Waals surface area contributed by atoms with Crippen molar-refractivity contribution in [2.24, 2.45) is 0 Å². The van der Waals surface area contributed by atoms with Crippen molar-refractivity contribution in [2.75, 3.05) is 38.6 Å². The van der Waals surface area contributed by atoms with Crippen LogP contribution in [-0.4, -0.2) is 43.9 Å². The first-order valence-electron chi connectivity index (χ1n) is 6.56. The maximum atomic E-state index is 5.71. The zero-order valence-corrected chi connectivity index (χ0v) is 11.0. The number of ether oxygens (including phenoxy) is 2. The first-order chi connectivity index (χ1) is 8.75. The highest BCUT2D eigenvalue weighted by Crippen LogP contribution is 2.15. The second kappa shape index (κ2) is 6.61. The van der Waals surface area contributed by atoms with E-state index >= 15 is 0 Å². The van der Waals surface area contributed by atoms with Crippen molar-refractivity contribution in [3.63, 3.8) is 0 Å². The van der Waals surface area contributed by atoms with E-state index in [0.29, 0.717) is 6.04 Å². The van der Waals surface area contributed by atoms with Crippen molar-refractivity contribution in [2.45, 2.75) is 19.4 Å². The van der Waals surface area contributed by atoms with E-state index in [1.54, 1.807) is 0 Å². The number of anilines is 1. The molecule has 1 aromatic carbocycles. The predicted molar refractivity (Wildman–Crippen MR) is 72.8 cm³/mol. The van der Waals surface area contributed by atoms with Gasteiger partial charge in [0, 0.05) is 30.9 Å². The standard InChI is InChI=1S/C14H22N2O2/c1-12(16-6-9-17-10-7-16)5-8-18-14-4-2-3-13(15)11-14/h2-4,11-12H,5-10,15H2,1H3. The van der Waals surface area contributed by atoms with Crippen LogP contribution in [0.1, 0.15) is 13.3 Å². The summed E-state index contributed by atoms with van der Waals surface area (Å²) in [6.07, 6.45) is 1.02. The number of nitrogens with two attached hydrogens (primary N) is 1. The van der Waals surface area contributed by atoms with Crippen LogP contribution in [0, 0.1) is 0 Å². The Morgan fingerprint density at radius 1 is 1.39 bits per heavy atom. The predicted octanol–water partition coefficient (Wildman–Crippen LogP) is 1.76. The van der Waals surface area contributed by atoms with Crippen LogP contribution in [0.15, 0.2) is 24.3 Å². The molecule has 4 nitrogen and oxygen atoms in total. The molecule has 0 amide bonds. The van der Waals surface area contributed by atoms with Gasteiger partial charge in [-0.15, -0.1) is 0 Å². The number of nitrogen functional groups attached to an aromatic ring is 1. The van der Waals surface area contributed by atoms with Crippen LogP contribution < -0.4 is 10.5 Å². The Morgan fingerprint density at radius 3 is 2.89 bits per heavy atom. The molecule has 1 aromatic rings. The summed E-state index contributed by atoms with van der Waals surface area (Å²) in [6, 6.07) is 8.11. The van der Waals surface area contributed by atoms with E-state index in [1.165, 1.54) is 0 Å². The van der Waals surface area contributed by atoms with Gasteiger partial charge in [0.05, 0.1) is 19.8 Å². The van der Waals surface area contributed by atoms with Gasteiger partial charge in [0.2, 0.25) is 0 Å². The fourth-order valence-electron chi connectivity index (χ4n) is 2.15. The molecule has 1 atom stereocenters. The van der Waals surface area contributed by atoms with Gasteiger partial charge in [-0.3, -0.25) is 4.90 Å². The van der Waals surface area contributed by atoms with E-state index < -0.39 is 0 Å². The summed E-state index contributed by atoms with van der Waals surface area (Å²) in [5.41, 5.74) is 6.45. The first kappa shape index (κ1) is 13.2. The van der Waals surface area contributed by atoms with Gasteiger partial charge in [-0.2, -0.15) is 0 Å². The molecule has 1 fully saturated rings. The van der Waals surface area contributed by atoms with Crippen LogP contribution in [0.3, 0.4) is 0 Å². The summed E-state index contributed by atoms with van der Waals surface area (Å²) in [5, 5.41) is 0. The smallest absolute Gasteiger partial charge is 0.121 e. The van der Waals surface area contributed by atoms with E-state index in [4.69, 9.17) is 15.2 Å². The summed E-state index contributed by atoms with van der Waals surface area (Å²) in [5.74, 6) is 0.851. The van der Waals surface area contributed by atoms with E-state index in [-0.39, 0.29) is 0 Å². The molecule has 18 heavy (non-hydrogen) atoms. The second-order valence-electron chi connectivity index (χ2n) is 4.71. The highest BCUT2D eigenvalue weighted by Gasteiger charge is 2.16. The number of morpholine rings is 1. The quantitative estimate of drug-likeness (QED) is 0.809. The van der Waals surface area contributed by atoms with Crippen LogP contribution in [0.2, 0.25) is 0 Å². The molecule has 0 bridgehead atoms. The minimum Gasteiger partial charge on any atom is -0.493 e. The molecule has 100 valence electrons. The Balaban J connectivity index is 1.71. The monoisotopic (exact) mass is 250 g/mol. The van der Waals surface area contributed by atoms with Gasteiger partial charge in [-0.1, -0.05) is 6.07 Å². The minimum absolute atomic E-state index is 0.537. The average Bonchev–Trinajstić information content (AvgIpc) is 2.40. The highest BCUT2D eigenvalue weighted by atomic mass is 16.5. The molecule has 1 aliphatic heterocycles. The largest absolute Gasteiger partial charge is 0.493 e. The zero-order chi connectivity index (χ0) is 12.8. The average molecular weight is 250 g/mol. The molecule has 0 radical (unpaired) electrons. The van der Waals surface area contributed by atoms with Crippen LogP contribution in [0.5, 0.6) is 5.75 Å². The number of nitrogens with zero attached hydrogens (tertiary/aromatic N) is 1. The molecular formula is C14H22N2O2. The molecular weight excluding hydrogens is 228 g/mol. The molecule has 0 spiro atoms. The van der Waals surface area contributed by atoms with Gasteiger partial charge >= 0.3 is 0 Å². The van der Waals surface area contributed by atoms with Crippen molar-refractivity contribution < 1.29 is 9.47 Å².